The number of nitrogens with one attached hydrogen (secondary N) is 1. The fourth-order valence-corrected chi connectivity index (χ4v) is 3.17. The molecule has 0 spiro atoms. The van der Waals surface area contributed by atoms with Crippen LogP contribution in [-0.2, 0) is 0 Å². The zero-order chi connectivity index (χ0) is 14.6. The van der Waals surface area contributed by atoms with Crippen LogP contribution in [0.4, 0.5) is 13.2 Å². The summed E-state index contributed by atoms with van der Waals surface area (Å²) in [4.78, 5) is 7.88. The molecule has 1 fully saturated rings. The van der Waals surface area contributed by atoms with E-state index in [0.29, 0.717) is 19.4 Å². The molecule has 112 valence electrons. The molecular formula is C14H20F3N3. The lowest BCUT2D eigenvalue weighted by molar-refractivity contribution is -0.199. The van der Waals surface area contributed by atoms with Gasteiger partial charge in [0.25, 0.3) is 0 Å². The molecule has 1 aliphatic carbocycles. The molecule has 3 nitrogen and oxygen atoms in total. The van der Waals surface area contributed by atoms with Gasteiger partial charge in [0.1, 0.15) is 6.33 Å². The molecule has 1 heterocycles. The first-order chi connectivity index (χ1) is 9.54. The van der Waals surface area contributed by atoms with E-state index in [-0.39, 0.29) is 12.5 Å². The van der Waals surface area contributed by atoms with Crippen molar-refractivity contribution in [2.75, 3.05) is 6.54 Å². The normalized spacial score (nSPS) is 25.4. The minimum atomic E-state index is -4.13. The summed E-state index contributed by atoms with van der Waals surface area (Å²) in [5.41, 5.74) is 0.746. The van der Waals surface area contributed by atoms with Crippen molar-refractivity contribution in [1.82, 2.24) is 15.3 Å². The summed E-state index contributed by atoms with van der Waals surface area (Å²) in [6, 6.07) is -0.326. The molecule has 1 aromatic heterocycles. The van der Waals surface area contributed by atoms with Crippen LogP contribution < -0.4 is 5.32 Å². The van der Waals surface area contributed by atoms with Gasteiger partial charge in [0.05, 0.1) is 5.92 Å². The highest BCUT2D eigenvalue weighted by Crippen LogP contribution is 2.46. The van der Waals surface area contributed by atoms with E-state index in [0.717, 1.165) is 12.0 Å². The van der Waals surface area contributed by atoms with E-state index in [2.05, 4.69) is 15.3 Å². The predicted octanol–water partition coefficient (Wildman–Crippen LogP) is 3.50. The lowest BCUT2D eigenvalue weighted by Crippen LogP contribution is -2.40. The Bertz CT molecular complexity index is 408. The zero-order valence-corrected chi connectivity index (χ0v) is 11.5. The quantitative estimate of drug-likeness (QED) is 0.921. The van der Waals surface area contributed by atoms with Crippen LogP contribution in [-0.4, -0.2) is 22.7 Å². The number of alkyl halides is 3. The molecule has 0 saturated heterocycles. The summed E-state index contributed by atoms with van der Waals surface area (Å²) in [7, 11) is 0. The van der Waals surface area contributed by atoms with Gasteiger partial charge in [0.15, 0.2) is 0 Å². The van der Waals surface area contributed by atoms with Gasteiger partial charge in [-0.1, -0.05) is 19.8 Å². The minimum absolute atomic E-state index is 0.226. The summed E-state index contributed by atoms with van der Waals surface area (Å²) in [5, 5.41) is 3.19. The van der Waals surface area contributed by atoms with E-state index in [4.69, 9.17) is 0 Å². The average Bonchev–Trinajstić information content (AvgIpc) is 2.45. The third-order valence-electron chi connectivity index (χ3n) is 4.03. The molecule has 3 unspecified atom stereocenters. The smallest absolute Gasteiger partial charge is 0.310 e. The Kier molecular flexibility index (Phi) is 4.96. The highest BCUT2D eigenvalue weighted by Gasteiger charge is 2.48. The predicted molar refractivity (Wildman–Crippen MR) is 70.0 cm³/mol. The van der Waals surface area contributed by atoms with Crippen molar-refractivity contribution in [1.29, 1.82) is 0 Å². The monoisotopic (exact) mass is 287 g/mol. The fraction of sp³-hybridized carbons (Fsp3) is 0.714. The lowest BCUT2D eigenvalue weighted by Gasteiger charge is -2.38. The molecular weight excluding hydrogens is 267 g/mol. The Morgan fingerprint density at radius 3 is 2.50 bits per heavy atom. The van der Waals surface area contributed by atoms with E-state index >= 15 is 0 Å². The number of rotatable bonds is 4. The van der Waals surface area contributed by atoms with Crippen LogP contribution in [0.25, 0.3) is 0 Å². The summed E-state index contributed by atoms with van der Waals surface area (Å²) in [6.45, 7) is 2.53. The average molecular weight is 287 g/mol. The molecule has 2 rings (SSSR count). The minimum Gasteiger partial charge on any atom is -0.310 e. The Morgan fingerprint density at radius 1 is 1.25 bits per heavy atom. The zero-order valence-electron chi connectivity index (χ0n) is 11.5. The van der Waals surface area contributed by atoms with Gasteiger partial charge in [0.2, 0.25) is 0 Å². The molecule has 0 amide bonds. The molecule has 0 aliphatic heterocycles. The molecule has 3 atom stereocenters. The van der Waals surface area contributed by atoms with E-state index < -0.39 is 18.0 Å². The maximum absolute atomic E-state index is 13.2. The van der Waals surface area contributed by atoms with Crippen LogP contribution in [0.2, 0.25) is 0 Å². The molecule has 1 N–H and O–H groups in total. The molecule has 1 aromatic rings. The third kappa shape index (κ3) is 3.48. The first-order valence-corrected chi connectivity index (χ1v) is 7.09. The summed E-state index contributed by atoms with van der Waals surface area (Å²) < 4.78 is 39.7. The first-order valence-electron chi connectivity index (χ1n) is 7.09. The van der Waals surface area contributed by atoms with E-state index in [1.165, 1.54) is 6.33 Å². The second kappa shape index (κ2) is 6.52. The van der Waals surface area contributed by atoms with Gasteiger partial charge in [-0.3, -0.25) is 0 Å². The van der Waals surface area contributed by atoms with Crippen LogP contribution in [0.1, 0.15) is 44.2 Å². The number of halogens is 3. The van der Waals surface area contributed by atoms with Crippen molar-refractivity contribution in [2.24, 2.45) is 11.8 Å². The number of nitrogens with zero attached hydrogens (tertiary/aromatic N) is 2. The Labute approximate surface area is 117 Å². The van der Waals surface area contributed by atoms with Crippen molar-refractivity contribution < 1.29 is 13.2 Å². The van der Waals surface area contributed by atoms with Crippen molar-refractivity contribution in [2.45, 2.75) is 44.8 Å². The van der Waals surface area contributed by atoms with Crippen LogP contribution in [0, 0.1) is 11.8 Å². The van der Waals surface area contributed by atoms with Crippen molar-refractivity contribution in [3.05, 3.63) is 24.3 Å². The molecule has 0 aromatic carbocycles. The fourth-order valence-electron chi connectivity index (χ4n) is 3.17. The highest BCUT2D eigenvalue weighted by molar-refractivity contribution is 5.12. The Morgan fingerprint density at radius 2 is 1.90 bits per heavy atom. The summed E-state index contributed by atoms with van der Waals surface area (Å²) in [6.07, 6.45) is 2.83. The van der Waals surface area contributed by atoms with Gasteiger partial charge in [-0.15, -0.1) is 0 Å². The van der Waals surface area contributed by atoms with E-state index in [1.807, 2.05) is 6.92 Å². The van der Waals surface area contributed by atoms with Gasteiger partial charge in [-0.05, 0) is 25.3 Å². The summed E-state index contributed by atoms with van der Waals surface area (Å²) in [5.74, 6) is -1.67. The molecule has 1 saturated carbocycles. The standard InChI is InChI=1S/C14H20F3N3/c1-2-20-13(10-7-18-9-19-8-10)11-5-3-4-6-12(11)14(15,16)17/h7-9,11-13,20H,2-6H2,1H3. The molecule has 1 aliphatic rings. The third-order valence-corrected chi connectivity index (χ3v) is 4.03. The Hall–Kier alpha value is -1.17. The molecule has 0 radical (unpaired) electrons. The van der Waals surface area contributed by atoms with Gasteiger partial charge < -0.3 is 5.32 Å². The topological polar surface area (TPSA) is 37.8 Å². The summed E-state index contributed by atoms with van der Waals surface area (Å²) >= 11 is 0. The maximum atomic E-state index is 13.2. The van der Waals surface area contributed by atoms with Crippen LogP contribution in [0.3, 0.4) is 0 Å². The number of hydrogen-bond acceptors (Lipinski definition) is 3. The van der Waals surface area contributed by atoms with Crippen molar-refractivity contribution >= 4 is 0 Å². The molecule has 6 heteroatoms. The Balaban J connectivity index is 2.26. The van der Waals surface area contributed by atoms with Gasteiger partial charge in [0, 0.05) is 24.0 Å². The molecule has 0 bridgehead atoms. The van der Waals surface area contributed by atoms with Crippen molar-refractivity contribution in [3.63, 3.8) is 0 Å². The van der Waals surface area contributed by atoms with Crippen LogP contribution in [0.15, 0.2) is 18.7 Å². The van der Waals surface area contributed by atoms with Gasteiger partial charge in [-0.25, -0.2) is 9.97 Å². The van der Waals surface area contributed by atoms with Gasteiger partial charge >= 0.3 is 6.18 Å². The largest absolute Gasteiger partial charge is 0.392 e. The molecule has 20 heavy (non-hydrogen) atoms. The van der Waals surface area contributed by atoms with E-state index in [9.17, 15) is 13.2 Å². The second-order valence-electron chi connectivity index (χ2n) is 5.30. The lowest BCUT2D eigenvalue weighted by atomic mass is 9.73. The van der Waals surface area contributed by atoms with Crippen molar-refractivity contribution in [3.8, 4) is 0 Å². The van der Waals surface area contributed by atoms with Gasteiger partial charge in [-0.2, -0.15) is 13.2 Å². The van der Waals surface area contributed by atoms with Crippen LogP contribution in [0.5, 0.6) is 0 Å². The first kappa shape index (κ1) is 15.2. The number of hydrogen-bond donors (Lipinski definition) is 1. The second-order valence-corrected chi connectivity index (χ2v) is 5.30. The maximum Gasteiger partial charge on any atom is 0.392 e. The SMILES string of the molecule is CCNC(c1cncnc1)C1CCCCC1C(F)(F)F. The highest BCUT2D eigenvalue weighted by atomic mass is 19.4. The van der Waals surface area contributed by atoms with Crippen LogP contribution >= 0.6 is 0 Å². The number of aromatic nitrogens is 2. The van der Waals surface area contributed by atoms with E-state index in [1.54, 1.807) is 12.4 Å².